The fourth-order valence-corrected chi connectivity index (χ4v) is 2.56. The van der Waals surface area contributed by atoms with Crippen LogP contribution >= 0.6 is 0 Å². The molecule has 0 aliphatic heterocycles. The molecule has 0 radical (unpaired) electrons. The number of nitrogens with zero attached hydrogens (tertiary/aromatic N) is 1. The zero-order valence-electron chi connectivity index (χ0n) is 11.5. The van der Waals surface area contributed by atoms with E-state index < -0.39 is 11.7 Å². The van der Waals surface area contributed by atoms with Crippen molar-refractivity contribution in [2.24, 2.45) is 5.10 Å². The molecule has 0 saturated heterocycles. The topological polar surface area (TPSA) is 44.6 Å². The summed E-state index contributed by atoms with van der Waals surface area (Å²) < 4.78 is 38.8. The van der Waals surface area contributed by atoms with E-state index in [4.69, 9.17) is 0 Å². The molecule has 2 aromatic carbocycles. The van der Waals surface area contributed by atoms with Gasteiger partial charge in [-0.2, -0.15) is 18.3 Å². The Kier molecular flexibility index (Phi) is 3.52. The van der Waals surface area contributed by atoms with E-state index in [9.17, 15) is 18.3 Å². The molecular weight excluding hydrogens is 293 g/mol. The fraction of sp³-hybridized carbons (Fsp3) is 0.188. The predicted molar refractivity (Wildman–Crippen MR) is 78.0 cm³/mol. The number of aromatic hydroxyl groups is 1. The molecule has 3 rings (SSSR count). The van der Waals surface area contributed by atoms with Crippen LogP contribution in [0.1, 0.15) is 23.1 Å². The number of rotatable bonds is 2. The number of phenolic OH excluding ortho intramolecular Hbond substituents is 1. The van der Waals surface area contributed by atoms with Crippen LogP contribution in [0, 0.1) is 0 Å². The van der Waals surface area contributed by atoms with Gasteiger partial charge < -0.3 is 5.11 Å². The Morgan fingerprint density at radius 3 is 2.55 bits per heavy atom. The summed E-state index contributed by atoms with van der Waals surface area (Å²) in [6, 6.07) is 10.3. The zero-order valence-corrected chi connectivity index (χ0v) is 11.5. The van der Waals surface area contributed by atoms with Crippen molar-refractivity contribution in [3.8, 4) is 5.75 Å². The summed E-state index contributed by atoms with van der Waals surface area (Å²) in [5, 5.41) is 13.9. The van der Waals surface area contributed by atoms with Gasteiger partial charge in [0.05, 0.1) is 17.0 Å². The number of alkyl halides is 3. The van der Waals surface area contributed by atoms with Crippen molar-refractivity contribution in [2.45, 2.75) is 19.0 Å². The number of hydrazone groups is 1. The van der Waals surface area contributed by atoms with Gasteiger partial charge in [0, 0.05) is 11.1 Å². The van der Waals surface area contributed by atoms with Gasteiger partial charge in [-0.25, -0.2) is 0 Å². The van der Waals surface area contributed by atoms with Gasteiger partial charge in [-0.3, -0.25) is 5.43 Å². The first kappa shape index (κ1) is 14.4. The van der Waals surface area contributed by atoms with E-state index in [0.717, 1.165) is 17.2 Å². The maximum absolute atomic E-state index is 12.9. The van der Waals surface area contributed by atoms with Gasteiger partial charge in [0.2, 0.25) is 0 Å². The number of halogens is 3. The average Bonchev–Trinajstić information content (AvgIpc) is 2.89. The minimum Gasteiger partial charge on any atom is -0.508 e. The van der Waals surface area contributed by atoms with Crippen LogP contribution in [0.2, 0.25) is 0 Å². The van der Waals surface area contributed by atoms with Gasteiger partial charge in [-0.1, -0.05) is 24.3 Å². The molecule has 6 heteroatoms. The maximum Gasteiger partial charge on any atom is 0.418 e. The van der Waals surface area contributed by atoms with E-state index in [1.54, 1.807) is 18.2 Å². The van der Waals surface area contributed by atoms with E-state index in [-0.39, 0.29) is 11.4 Å². The Labute approximate surface area is 125 Å². The second-order valence-corrected chi connectivity index (χ2v) is 5.02. The van der Waals surface area contributed by atoms with Gasteiger partial charge >= 0.3 is 6.18 Å². The molecule has 114 valence electrons. The normalized spacial score (nSPS) is 15.9. The first-order valence-corrected chi connectivity index (χ1v) is 6.77. The molecule has 0 saturated carbocycles. The second kappa shape index (κ2) is 5.36. The van der Waals surface area contributed by atoms with Crippen LogP contribution in [0.15, 0.2) is 47.6 Å². The Morgan fingerprint density at radius 1 is 1.00 bits per heavy atom. The number of hydrogen-bond acceptors (Lipinski definition) is 3. The number of benzene rings is 2. The van der Waals surface area contributed by atoms with Crippen LogP contribution in [0.4, 0.5) is 18.9 Å². The van der Waals surface area contributed by atoms with E-state index in [1.165, 1.54) is 18.2 Å². The second-order valence-electron chi connectivity index (χ2n) is 5.02. The maximum atomic E-state index is 12.9. The van der Waals surface area contributed by atoms with Gasteiger partial charge in [0.15, 0.2) is 0 Å². The van der Waals surface area contributed by atoms with Gasteiger partial charge in [0.25, 0.3) is 0 Å². The summed E-state index contributed by atoms with van der Waals surface area (Å²) in [4.78, 5) is 0. The fourth-order valence-electron chi connectivity index (χ4n) is 2.56. The van der Waals surface area contributed by atoms with Crippen LogP contribution in [-0.2, 0) is 12.6 Å². The number of hydrogen-bond donors (Lipinski definition) is 2. The Bertz CT molecular complexity index is 738. The zero-order chi connectivity index (χ0) is 15.7. The molecule has 0 unspecified atom stereocenters. The summed E-state index contributed by atoms with van der Waals surface area (Å²) in [7, 11) is 0. The Morgan fingerprint density at radius 2 is 1.77 bits per heavy atom. The van der Waals surface area contributed by atoms with Crippen LogP contribution in [0.3, 0.4) is 0 Å². The lowest BCUT2D eigenvalue weighted by atomic mass is 10.1. The molecule has 0 fully saturated rings. The molecule has 2 aromatic rings. The highest BCUT2D eigenvalue weighted by atomic mass is 19.4. The molecule has 3 nitrogen and oxygen atoms in total. The highest BCUT2D eigenvalue weighted by Crippen LogP contribution is 2.35. The lowest BCUT2D eigenvalue weighted by molar-refractivity contribution is -0.136. The lowest BCUT2D eigenvalue weighted by Crippen LogP contribution is -2.09. The van der Waals surface area contributed by atoms with E-state index >= 15 is 0 Å². The average molecular weight is 306 g/mol. The molecule has 0 spiro atoms. The van der Waals surface area contributed by atoms with Gasteiger partial charge in [-0.05, 0) is 31.0 Å². The van der Waals surface area contributed by atoms with E-state index in [1.807, 2.05) is 0 Å². The van der Waals surface area contributed by atoms with Crippen LogP contribution in [0.25, 0.3) is 0 Å². The number of fused-ring (bicyclic) bond motifs is 1. The third-order valence-electron chi connectivity index (χ3n) is 3.62. The first-order valence-electron chi connectivity index (χ1n) is 6.77. The van der Waals surface area contributed by atoms with E-state index in [0.29, 0.717) is 18.6 Å². The summed E-state index contributed by atoms with van der Waals surface area (Å²) in [6.45, 7) is 0. The first-order chi connectivity index (χ1) is 10.5. The summed E-state index contributed by atoms with van der Waals surface area (Å²) >= 11 is 0. The molecule has 1 aliphatic rings. The highest BCUT2D eigenvalue weighted by Gasteiger charge is 2.33. The Hall–Kier alpha value is -2.50. The summed E-state index contributed by atoms with van der Waals surface area (Å²) in [6.07, 6.45) is -3.23. The van der Waals surface area contributed by atoms with Crippen molar-refractivity contribution in [1.82, 2.24) is 0 Å². The quantitative estimate of drug-likeness (QED) is 0.818. The van der Waals surface area contributed by atoms with Gasteiger partial charge in [0.1, 0.15) is 5.75 Å². The molecule has 22 heavy (non-hydrogen) atoms. The molecule has 0 amide bonds. The van der Waals surface area contributed by atoms with Crippen molar-refractivity contribution in [3.05, 3.63) is 59.2 Å². The predicted octanol–water partition coefficient (Wildman–Crippen LogP) is 4.17. The number of anilines is 1. The van der Waals surface area contributed by atoms with Crippen molar-refractivity contribution >= 4 is 11.4 Å². The number of nitrogens with one attached hydrogen (secondary N) is 1. The minimum absolute atomic E-state index is 0.0869. The number of phenols is 1. The molecule has 1 aliphatic carbocycles. The van der Waals surface area contributed by atoms with Crippen molar-refractivity contribution in [3.63, 3.8) is 0 Å². The summed E-state index contributed by atoms with van der Waals surface area (Å²) in [5.74, 6) is 0.193. The minimum atomic E-state index is -4.43. The molecule has 0 aromatic heterocycles. The lowest BCUT2D eigenvalue weighted by Gasteiger charge is -2.12. The standard InChI is InChI=1S/C16H13F3N2O/c17-16(18,19)12-5-1-2-6-14(12)21-20-13-9-8-11-10(13)4-3-7-15(11)22/h1-7,21-22H,8-9H2. The van der Waals surface area contributed by atoms with Crippen molar-refractivity contribution in [1.29, 1.82) is 0 Å². The van der Waals surface area contributed by atoms with E-state index in [2.05, 4.69) is 10.5 Å². The Balaban J connectivity index is 1.90. The molecule has 0 atom stereocenters. The largest absolute Gasteiger partial charge is 0.508 e. The van der Waals surface area contributed by atoms with Crippen LogP contribution in [-0.4, -0.2) is 10.8 Å². The molecule has 0 bridgehead atoms. The molecular formula is C16H13F3N2O. The SMILES string of the molecule is Oc1cccc2c1CCC2=NNc1ccccc1C(F)(F)F. The smallest absolute Gasteiger partial charge is 0.418 e. The molecule has 0 heterocycles. The van der Waals surface area contributed by atoms with Crippen LogP contribution in [0.5, 0.6) is 5.75 Å². The van der Waals surface area contributed by atoms with Gasteiger partial charge in [-0.15, -0.1) is 0 Å². The highest BCUT2D eigenvalue weighted by molar-refractivity contribution is 6.05. The van der Waals surface area contributed by atoms with Crippen molar-refractivity contribution in [2.75, 3.05) is 5.43 Å². The third-order valence-corrected chi connectivity index (χ3v) is 3.62. The van der Waals surface area contributed by atoms with Crippen LogP contribution < -0.4 is 5.43 Å². The number of para-hydroxylation sites is 1. The van der Waals surface area contributed by atoms with Crippen molar-refractivity contribution < 1.29 is 18.3 Å². The summed E-state index contributed by atoms with van der Waals surface area (Å²) in [5.41, 5.74) is 3.87. The monoisotopic (exact) mass is 306 g/mol. The molecule has 2 N–H and O–H groups in total. The third kappa shape index (κ3) is 2.64.